The fourth-order valence-corrected chi connectivity index (χ4v) is 1.59. The molecule has 1 rings (SSSR count). The van der Waals surface area contributed by atoms with E-state index >= 15 is 0 Å². The lowest BCUT2D eigenvalue weighted by atomic mass is 10.1. The topological polar surface area (TPSA) is 45.7 Å². The number of hydrogen-bond acceptors (Lipinski definition) is 2. The second-order valence-electron chi connectivity index (χ2n) is 3.90. The number of ether oxygens (including phenoxy) is 1. The quantitative estimate of drug-likeness (QED) is 0.338. The van der Waals surface area contributed by atoms with Crippen molar-refractivity contribution in [3.05, 3.63) is 48.3 Å². The number of benzene rings is 1. The summed E-state index contributed by atoms with van der Waals surface area (Å²) in [4.78, 5) is 4.07. The van der Waals surface area contributed by atoms with Gasteiger partial charge in [-0.1, -0.05) is 18.2 Å². The first kappa shape index (κ1) is 18.9. The Kier molecular flexibility index (Phi) is 10.0. The minimum Gasteiger partial charge on any atom is -0.375 e. The molecule has 0 aliphatic carbocycles. The van der Waals surface area contributed by atoms with E-state index in [1.807, 2.05) is 0 Å². The zero-order valence-corrected chi connectivity index (χ0v) is 14.1. The van der Waals surface area contributed by atoms with Gasteiger partial charge in [-0.15, -0.1) is 30.6 Å². The van der Waals surface area contributed by atoms with Crippen molar-refractivity contribution in [1.82, 2.24) is 10.6 Å². The molecule has 20 heavy (non-hydrogen) atoms. The predicted molar refractivity (Wildman–Crippen MR) is 91.1 cm³/mol. The van der Waals surface area contributed by atoms with Crippen LogP contribution in [0.4, 0.5) is 4.39 Å². The second kappa shape index (κ2) is 10.6. The molecule has 0 aromatic heterocycles. The average Bonchev–Trinajstić information content (AvgIpc) is 2.44. The van der Waals surface area contributed by atoms with Crippen LogP contribution in [-0.2, 0) is 4.74 Å². The van der Waals surface area contributed by atoms with E-state index < -0.39 is 0 Å². The van der Waals surface area contributed by atoms with Crippen molar-refractivity contribution < 1.29 is 9.13 Å². The van der Waals surface area contributed by atoms with Gasteiger partial charge in [0.05, 0.1) is 6.10 Å². The van der Waals surface area contributed by atoms with E-state index in [4.69, 9.17) is 4.74 Å². The van der Waals surface area contributed by atoms with E-state index in [0.29, 0.717) is 19.0 Å². The maximum absolute atomic E-state index is 12.9. The van der Waals surface area contributed by atoms with Gasteiger partial charge in [0.2, 0.25) is 0 Å². The monoisotopic (exact) mass is 393 g/mol. The SMILES string of the molecule is C=CCNC(=NC)NCC(OC)c1ccc(F)cc1.I. The van der Waals surface area contributed by atoms with Gasteiger partial charge in [0, 0.05) is 27.2 Å². The van der Waals surface area contributed by atoms with Crippen molar-refractivity contribution in [2.45, 2.75) is 6.10 Å². The van der Waals surface area contributed by atoms with Crippen molar-refractivity contribution in [1.29, 1.82) is 0 Å². The van der Waals surface area contributed by atoms with Gasteiger partial charge in [-0.2, -0.15) is 0 Å². The normalized spacial score (nSPS) is 12.2. The van der Waals surface area contributed by atoms with Crippen molar-refractivity contribution in [2.24, 2.45) is 4.99 Å². The highest BCUT2D eigenvalue weighted by atomic mass is 127. The molecule has 1 atom stereocenters. The van der Waals surface area contributed by atoms with Crippen LogP contribution in [-0.4, -0.2) is 33.2 Å². The van der Waals surface area contributed by atoms with Gasteiger partial charge in [-0.3, -0.25) is 4.99 Å². The number of aliphatic imine (C=N–C) groups is 1. The molecule has 112 valence electrons. The standard InChI is InChI=1S/C14H20FN3O.HI/c1-4-9-17-14(16-2)18-10-13(19-3)11-5-7-12(15)8-6-11;/h4-8,13H,1,9-10H2,2-3H3,(H2,16,17,18);1H. The summed E-state index contributed by atoms with van der Waals surface area (Å²) in [6, 6.07) is 6.27. The Labute approximate surface area is 136 Å². The molecule has 0 aliphatic rings. The minimum atomic E-state index is -0.255. The van der Waals surface area contributed by atoms with Crippen LogP contribution in [0.15, 0.2) is 41.9 Å². The first-order valence-corrected chi connectivity index (χ1v) is 6.05. The number of rotatable bonds is 6. The van der Waals surface area contributed by atoms with Crippen LogP contribution in [0, 0.1) is 5.82 Å². The zero-order chi connectivity index (χ0) is 14.1. The molecule has 0 saturated carbocycles. The molecule has 0 heterocycles. The summed E-state index contributed by atoms with van der Waals surface area (Å²) in [5.74, 6) is 0.416. The molecule has 1 aromatic rings. The maximum atomic E-state index is 12.9. The number of halogens is 2. The molecular weight excluding hydrogens is 372 g/mol. The average molecular weight is 393 g/mol. The molecule has 0 bridgehead atoms. The van der Waals surface area contributed by atoms with Crippen molar-refractivity contribution in [3.8, 4) is 0 Å². The number of nitrogens with one attached hydrogen (secondary N) is 2. The molecule has 0 saturated heterocycles. The summed E-state index contributed by atoms with van der Waals surface area (Å²) < 4.78 is 18.3. The van der Waals surface area contributed by atoms with Gasteiger partial charge in [0.15, 0.2) is 5.96 Å². The molecule has 0 fully saturated rings. The lowest BCUT2D eigenvalue weighted by Crippen LogP contribution is -2.39. The Hall–Kier alpha value is -1.15. The third-order valence-corrected chi connectivity index (χ3v) is 2.62. The van der Waals surface area contributed by atoms with E-state index in [0.717, 1.165) is 5.56 Å². The van der Waals surface area contributed by atoms with Crippen molar-refractivity contribution in [3.63, 3.8) is 0 Å². The third-order valence-electron chi connectivity index (χ3n) is 2.62. The van der Waals surface area contributed by atoms with Gasteiger partial charge < -0.3 is 15.4 Å². The predicted octanol–water partition coefficient (Wildman–Crippen LogP) is 2.48. The van der Waals surface area contributed by atoms with E-state index in [1.54, 1.807) is 32.4 Å². The van der Waals surface area contributed by atoms with Crippen molar-refractivity contribution in [2.75, 3.05) is 27.2 Å². The Balaban J connectivity index is 0.00000361. The summed E-state index contributed by atoms with van der Waals surface area (Å²) in [5.41, 5.74) is 0.913. The molecule has 2 N–H and O–H groups in total. The Morgan fingerprint density at radius 1 is 1.40 bits per heavy atom. The Morgan fingerprint density at radius 3 is 2.55 bits per heavy atom. The highest BCUT2D eigenvalue weighted by molar-refractivity contribution is 14.0. The van der Waals surface area contributed by atoms with Crippen molar-refractivity contribution >= 4 is 29.9 Å². The molecule has 0 radical (unpaired) electrons. The highest BCUT2D eigenvalue weighted by Crippen LogP contribution is 2.15. The van der Waals surface area contributed by atoms with Gasteiger partial charge in [0.25, 0.3) is 0 Å². The van der Waals surface area contributed by atoms with Crippen LogP contribution >= 0.6 is 24.0 Å². The first-order valence-electron chi connectivity index (χ1n) is 6.05. The molecule has 0 spiro atoms. The molecule has 0 aliphatic heterocycles. The van der Waals surface area contributed by atoms with Gasteiger partial charge >= 0.3 is 0 Å². The highest BCUT2D eigenvalue weighted by Gasteiger charge is 2.11. The molecule has 6 heteroatoms. The van der Waals surface area contributed by atoms with Crippen LogP contribution < -0.4 is 10.6 Å². The summed E-state index contributed by atoms with van der Waals surface area (Å²) in [6.45, 7) is 4.80. The summed E-state index contributed by atoms with van der Waals surface area (Å²) in [6.07, 6.45) is 1.59. The smallest absolute Gasteiger partial charge is 0.191 e. The van der Waals surface area contributed by atoms with Crippen LogP contribution in [0.25, 0.3) is 0 Å². The van der Waals surface area contributed by atoms with Gasteiger partial charge in [0.1, 0.15) is 5.82 Å². The largest absolute Gasteiger partial charge is 0.375 e. The number of guanidine groups is 1. The van der Waals surface area contributed by atoms with Crippen LogP contribution in [0.2, 0.25) is 0 Å². The minimum absolute atomic E-state index is 0. The molecule has 1 aromatic carbocycles. The molecule has 0 amide bonds. The summed E-state index contributed by atoms with van der Waals surface area (Å²) >= 11 is 0. The Morgan fingerprint density at radius 2 is 2.05 bits per heavy atom. The second-order valence-corrected chi connectivity index (χ2v) is 3.90. The number of hydrogen-bond donors (Lipinski definition) is 2. The molecule has 1 unspecified atom stereocenters. The lowest BCUT2D eigenvalue weighted by molar-refractivity contribution is 0.106. The fraction of sp³-hybridized carbons (Fsp3) is 0.357. The number of nitrogens with zero attached hydrogens (tertiary/aromatic N) is 1. The van der Waals surface area contributed by atoms with Crippen LogP contribution in [0.1, 0.15) is 11.7 Å². The molecular formula is C14H21FIN3O. The van der Waals surface area contributed by atoms with Gasteiger partial charge in [-0.05, 0) is 17.7 Å². The fourth-order valence-electron chi connectivity index (χ4n) is 1.59. The van der Waals surface area contributed by atoms with E-state index in [2.05, 4.69) is 22.2 Å². The third kappa shape index (κ3) is 6.33. The van der Waals surface area contributed by atoms with E-state index in [-0.39, 0.29) is 35.9 Å². The van der Waals surface area contributed by atoms with Crippen LogP contribution in [0.3, 0.4) is 0 Å². The number of methoxy groups -OCH3 is 1. The van der Waals surface area contributed by atoms with E-state index in [9.17, 15) is 4.39 Å². The van der Waals surface area contributed by atoms with Crippen LogP contribution in [0.5, 0.6) is 0 Å². The maximum Gasteiger partial charge on any atom is 0.191 e. The van der Waals surface area contributed by atoms with E-state index in [1.165, 1.54) is 12.1 Å². The Bertz CT molecular complexity index is 423. The zero-order valence-electron chi connectivity index (χ0n) is 11.7. The first-order chi connectivity index (χ1) is 9.21. The van der Waals surface area contributed by atoms with Gasteiger partial charge in [-0.25, -0.2) is 4.39 Å². The molecule has 4 nitrogen and oxygen atoms in total. The lowest BCUT2D eigenvalue weighted by Gasteiger charge is -2.18. The summed E-state index contributed by atoms with van der Waals surface area (Å²) in [7, 11) is 3.31. The summed E-state index contributed by atoms with van der Waals surface area (Å²) in [5, 5.41) is 6.21.